The maximum Gasteiger partial charge on any atom is 0.0775 e. The number of rotatable bonds is 10. The molecule has 0 aliphatic carbocycles. The molecule has 0 aromatic heterocycles. The van der Waals surface area contributed by atoms with Gasteiger partial charge in [0, 0.05) is 33.5 Å². The second-order valence-corrected chi connectivity index (χ2v) is 23.3. The number of anilines is 6. The van der Waals surface area contributed by atoms with Gasteiger partial charge in [0.05, 0.1) is 19.4 Å². The average molecular weight is 763 g/mol. The van der Waals surface area contributed by atoms with E-state index in [9.17, 15) is 0 Å². The molecular formula is C54H58N2Si. The summed E-state index contributed by atoms with van der Waals surface area (Å²) in [5.74, 6) is 1.13. The van der Waals surface area contributed by atoms with Crippen LogP contribution in [0.1, 0.15) is 87.1 Å². The summed E-state index contributed by atoms with van der Waals surface area (Å²) < 4.78 is 0. The molecule has 0 heterocycles. The summed E-state index contributed by atoms with van der Waals surface area (Å²) >= 11 is 0. The van der Waals surface area contributed by atoms with Crippen LogP contribution in [-0.4, -0.2) is 8.07 Å². The lowest BCUT2D eigenvalue weighted by Crippen LogP contribution is -2.37. The van der Waals surface area contributed by atoms with Gasteiger partial charge in [-0.15, -0.1) is 0 Å². The van der Waals surface area contributed by atoms with Gasteiger partial charge < -0.3 is 9.80 Å². The highest BCUT2D eigenvalue weighted by atomic mass is 28.3. The van der Waals surface area contributed by atoms with Crippen LogP contribution in [0.3, 0.4) is 0 Å². The monoisotopic (exact) mass is 762 g/mol. The molecule has 0 atom stereocenters. The lowest BCUT2D eigenvalue weighted by atomic mass is 9.84. The molecule has 0 saturated carbocycles. The fourth-order valence-electron chi connectivity index (χ4n) is 8.70. The van der Waals surface area contributed by atoms with Crippen molar-refractivity contribution < 1.29 is 0 Å². The van der Waals surface area contributed by atoms with E-state index >= 15 is 0 Å². The first-order valence-corrected chi connectivity index (χ1v) is 24.4. The molecule has 3 heteroatoms. The van der Waals surface area contributed by atoms with Crippen molar-refractivity contribution in [3.05, 3.63) is 161 Å². The van der Waals surface area contributed by atoms with Gasteiger partial charge in [-0.1, -0.05) is 150 Å². The van der Waals surface area contributed by atoms with Gasteiger partial charge in [0.2, 0.25) is 0 Å². The molecule has 0 radical (unpaired) electrons. The van der Waals surface area contributed by atoms with Crippen molar-refractivity contribution in [3.8, 4) is 0 Å². The first-order valence-electron chi connectivity index (χ1n) is 20.9. The van der Waals surface area contributed by atoms with E-state index in [-0.39, 0.29) is 0 Å². The molecule has 57 heavy (non-hydrogen) atoms. The molecule has 0 fully saturated rings. The number of aryl methyl sites for hydroxylation is 2. The molecule has 0 aliphatic rings. The van der Waals surface area contributed by atoms with Crippen LogP contribution in [0, 0.1) is 13.8 Å². The van der Waals surface area contributed by atoms with Crippen LogP contribution in [0.25, 0.3) is 32.3 Å². The largest absolute Gasteiger partial charge is 0.310 e. The quantitative estimate of drug-likeness (QED) is 0.101. The van der Waals surface area contributed by atoms with E-state index in [1.807, 2.05) is 0 Å². The van der Waals surface area contributed by atoms with E-state index in [0.29, 0.717) is 17.8 Å². The molecule has 8 aromatic carbocycles. The van der Waals surface area contributed by atoms with Crippen molar-refractivity contribution in [2.75, 3.05) is 9.80 Å². The van der Waals surface area contributed by atoms with Crippen LogP contribution in [0.15, 0.2) is 133 Å². The van der Waals surface area contributed by atoms with Crippen LogP contribution < -0.4 is 15.0 Å². The Morgan fingerprint density at radius 3 is 1.05 bits per heavy atom. The van der Waals surface area contributed by atoms with Crippen LogP contribution in [0.4, 0.5) is 34.1 Å². The van der Waals surface area contributed by atoms with Crippen LogP contribution in [-0.2, 0) is 0 Å². The molecule has 0 bridgehead atoms. The van der Waals surface area contributed by atoms with E-state index in [0.717, 1.165) is 0 Å². The Labute approximate surface area is 342 Å². The Morgan fingerprint density at radius 1 is 0.386 bits per heavy atom. The number of hydrogen-bond donors (Lipinski definition) is 0. The van der Waals surface area contributed by atoms with Gasteiger partial charge in [0.15, 0.2) is 0 Å². The van der Waals surface area contributed by atoms with E-state index in [1.54, 1.807) is 0 Å². The minimum absolute atomic E-state index is 0.328. The number of nitrogens with zero attached hydrogens (tertiary/aromatic N) is 2. The molecule has 0 amide bonds. The molecule has 0 saturated heterocycles. The highest BCUT2D eigenvalue weighted by molar-refractivity contribution is 6.88. The van der Waals surface area contributed by atoms with Crippen molar-refractivity contribution in [2.24, 2.45) is 0 Å². The summed E-state index contributed by atoms with van der Waals surface area (Å²) in [6, 6.07) is 51.4. The minimum Gasteiger partial charge on any atom is -0.310 e. The molecule has 0 N–H and O–H groups in total. The van der Waals surface area contributed by atoms with Crippen LogP contribution in [0.5, 0.6) is 0 Å². The predicted octanol–water partition coefficient (Wildman–Crippen LogP) is 16.1. The standard InChI is InChI=1S/C54H58N2Si/c1-34(2)39-16-22-42(23-17-39)55(40-18-12-37(7)13-19-40)51-32-49(35(3)4)45-29-31-48-52(33-50(36(5)6)46-28-30-47(51)53(45)54(46)48)56(41-20-14-38(8)15-21-41)43-24-26-44(27-25-43)57(9,10)11/h12-36H,1-11H3. The van der Waals surface area contributed by atoms with Gasteiger partial charge in [0.1, 0.15) is 0 Å². The topological polar surface area (TPSA) is 6.48 Å². The summed E-state index contributed by atoms with van der Waals surface area (Å²) in [7, 11) is -1.48. The highest BCUT2D eigenvalue weighted by Crippen LogP contribution is 2.51. The second kappa shape index (κ2) is 14.8. The lowest BCUT2D eigenvalue weighted by Gasteiger charge is -2.32. The molecule has 8 rings (SSSR count). The van der Waals surface area contributed by atoms with Crippen molar-refractivity contribution >= 4 is 79.7 Å². The highest BCUT2D eigenvalue weighted by Gasteiger charge is 2.26. The molecule has 8 aromatic rings. The van der Waals surface area contributed by atoms with Gasteiger partial charge in [-0.3, -0.25) is 0 Å². The zero-order valence-corrected chi connectivity index (χ0v) is 36.8. The number of benzene rings is 8. The Bertz CT molecular complexity index is 2680. The first-order chi connectivity index (χ1) is 27.2. The first kappa shape index (κ1) is 38.5. The summed E-state index contributed by atoms with van der Waals surface area (Å²) in [5.41, 5.74) is 13.7. The predicted molar refractivity (Wildman–Crippen MR) is 254 cm³/mol. The Hall–Kier alpha value is -5.38. The van der Waals surface area contributed by atoms with E-state index in [4.69, 9.17) is 0 Å². The van der Waals surface area contributed by atoms with Crippen molar-refractivity contribution in [1.82, 2.24) is 0 Å². The SMILES string of the molecule is Cc1ccc(N(c2ccc(C(C)C)cc2)c2cc(C(C)C)c3ccc4c(N(c5ccc(C)cc5)c5ccc([Si](C)(C)C)cc5)cc(C(C)C)c5ccc2c3c54)cc1. The third-order valence-corrected chi connectivity index (χ3v) is 14.1. The number of hydrogen-bond acceptors (Lipinski definition) is 2. The minimum atomic E-state index is -1.48. The Kier molecular flexibility index (Phi) is 10.0. The molecular weight excluding hydrogens is 705 g/mol. The van der Waals surface area contributed by atoms with Gasteiger partial charge in [-0.25, -0.2) is 0 Å². The third-order valence-electron chi connectivity index (χ3n) is 12.0. The van der Waals surface area contributed by atoms with Gasteiger partial charge in [-0.2, -0.15) is 0 Å². The lowest BCUT2D eigenvalue weighted by molar-refractivity contribution is 0.866. The third kappa shape index (κ3) is 7.01. The Balaban J connectivity index is 1.48. The van der Waals surface area contributed by atoms with Crippen molar-refractivity contribution in [3.63, 3.8) is 0 Å². The normalized spacial score (nSPS) is 12.2. The maximum atomic E-state index is 2.50. The Morgan fingerprint density at radius 2 is 0.719 bits per heavy atom. The van der Waals surface area contributed by atoms with E-state index in [1.165, 1.54) is 99.4 Å². The van der Waals surface area contributed by atoms with Gasteiger partial charge >= 0.3 is 0 Å². The summed E-state index contributed by atoms with van der Waals surface area (Å²) in [6.45, 7) is 25.5. The van der Waals surface area contributed by atoms with Gasteiger partial charge in [-0.05, 0) is 131 Å². The van der Waals surface area contributed by atoms with Crippen LogP contribution in [0.2, 0.25) is 19.6 Å². The fraction of sp³-hybridized carbons (Fsp3) is 0.259. The summed E-state index contributed by atoms with van der Waals surface area (Å²) in [6.07, 6.45) is 0. The zero-order valence-electron chi connectivity index (χ0n) is 35.8. The van der Waals surface area contributed by atoms with E-state index < -0.39 is 8.07 Å². The molecule has 0 aliphatic heterocycles. The van der Waals surface area contributed by atoms with Crippen molar-refractivity contribution in [1.29, 1.82) is 0 Å². The molecule has 2 nitrogen and oxygen atoms in total. The molecule has 0 spiro atoms. The smallest absolute Gasteiger partial charge is 0.0775 e. The van der Waals surface area contributed by atoms with Crippen molar-refractivity contribution in [2.45, 2.75) is 92.8 Å². The average Bonchev–Trinajstić information content (AvgIpc) is 3.19. The second-order valence-electron chi connectivity index (χ2n) is 18.2. The maximum absolute atomic E-state index is 2.50. The van der Waals surface area contributed by atoms with Gasteiger partial charge in [0.25, 0.3) is 0 Å². The fourth-order valence-corrected chi connectivity index (χ4v) is 9.86. The van der Waals surface area contributed by atoms with Crippen LogP contribution >= 0.6 is 0 Å². The molecule has 0 unspecified atom stereocenters. The zero-order chi connectivity index (χ0) is 40.3. The summed E-state index contributed by atoms with van der Waals surface area (Å²) in [5, 5.41) is 9.41. The molecule has 288 valence electrons. The van der Waals surface area contributed by atoms with E-state index in [2.05, 4.69) is 218 Å². The summed E-state index contributed by atoms with van der Waals surface area (Å²) in [4.78, 5) is 4.99.